The van der Waals surface area contributed by atoms with Gasteiger partial charge in [0, 0.05) is 30.6 Å². The van der Waals surface area contributed by atoms with Gasteiger partial charge in [0.2, 0.25) is 0 Å². The summed E-state index contributed by atoms with van der Waals surface area (Å²) in [7, 11) is 0. The summed E-state index contributed by atoms with van der Waals surface area (Å²) in [5.41, 5.74) is 1.00. The first kappa shape index (κ1) is 14.5. The minimum Gasteiger partial charge on any atom is -0.390 e. The van der Waals surface area contributed by atoms with Crippen LogP contribution >= 0.6 is 11.6 Å². The van der Waals surface area contributed by atoms with Gasteiger partial charge in [0.25, 0.3) is 0 Å². The lowest BCUT2D eigenvalue weighted by Crippen LogP contribution is -2.52. The number of carbonyl (C=O) groups is 1. The van der Waals surface area contributed by atoms with E-state index in [1.807, 2.05) is 38.1 Å². The summed E-state index contributed by atoms with van der Waals surface area (Å²) in [5.74, 6) is 0.111. The van der Waals surface area contributed by atoms with Crippen LogP contribution in [0.25, 0.3) is 0 Å². The molecule has 104 valence electrons. The van der Waals surface area contributed by atoms with Gasteiger partial charge >= 0.3 is 0 Å². The van der Waals surface area contributed by atoms with E-state index < -0.39 is 0 Å². The zero-order chi connectivity index (χ0) is 14.0. The van der Waals surface area contributed by atoms with Crippen LogP contribution in [0.3, 0.4) is 0 Å². The normalized spacial score (nSPS) is 18.4. The van der Waals surface area contributed by atoms with Crippen molar-refractivity contribution >= 4 is 17.4 Å². The fraction of sp³-hybridized carbons (Fsp3) is 0.533. The van der Waals surface area contributed by atoms with Crippen LogP contribution in [-0.4, -0.2) is 41.5 Å². The van der Waals surface area contributed by atoms with E-state index in [0.29, 0.717) is 24.7 Å². The van der Waals surface area contributed by atoms with Gasteiger partial charge in [-0.2, -0.15) is 0 Å². The number of hydrogen-bond acceptors (Lipinski definition) is 3. The number of rotatable bonds is 5. The Balaban J connectivity index is 2.13. The minimum atomic E-state index is -0.236. The summed E-state index contributed by atoms with van der Waals surface area (Å²) in [6.07, 6.45) is -0.236. The highest BCUT2D eigenvalue weighted by Crippen LogP contribution is 2.25. The van der Waals surface area contributed by atoms with Crippen molar-refractivity contribution in [3.8, 4) is 0 Å². The third-order valence-corrected chi connectivity index (χ3v) is 3.82. The van der Waals surface area contributed by atoms with Gasteiger partial charge in [0.15, 0.2) is 0 Å². The first-order valence-electron chi connectivity index (χ1n) is 6.67. The van der Waals surface area contributed by atoms with Crippen molar-refractivity contribution < 1.29 is 9.90 Å². The third-order valence-electron chi connectivity index (χ3n) is 3.56. The van der Waals surface area contributed by atoms with Crippen molar-refractivity contribution in [3.63, 3.8) is 0 Å². The second-order valence-corrected chi connectivity index (χ2v) is 5.97. The molecule has 0 amide bonds. The molecule has 1 aromatic rings. The molecule has 4 heteroatoms. The summed E-state index contributed by atoms with van der Waals surface area (Å²) in [6, 6.07) is 7.48. The first-order chi connectivity index (χ1) is 8.97. The lowest BCUT2D eigenvalue weighted by atomic mass is 9.87. The zero-order valence-electron chi connectivity index (χ0n) is 11.3. The van der Waals surface area contributed by atoms with E-state index in [-0.39, 0.29) is 23.7 Å². The summed E-state index contributed by atoms with van der Waals surface area (Å²) >= 11 is 5.89. The van der Waals surface area contributed by atoms with Gasteiger partial charge < -0.3 is 5.11 Å². The molecule has 0 aromatic heterocycles. The summed E-state index contributed by atoms with van der Waals surface area (Å²) in [6.45, 7) is 5.85. The lowest BCUT2D eigenvalue weighted by Gasteiger charge is -2.38. The Morgan fingerprint density at radius 1 is 1.37 bits per heavy atom. The van der Waals surface area contributed by atoms with Crippen molar-refractivity contribution in [3.05, 3.63) is 34.9 Å². The number of carbonyl (C=O) groups excluding carboxylic acids is 1. The van der Waals surface area contributed by atoms with Gasteiger partial charge in [0.1, 0.15) is 5.78 Å². The quantitative estimate of drug-likeness (QED) is 0.900. The van der Waals surface area contributed by atoms with E-state index in [0.717, 1.165) is 5.56 Å². The highest BCUT2D eigenvalue weighted by Gasteiger charge is 2.31. The monoisotopic (exact) mass is 281 g/mol. The summed E-state index contributed by atoms with van der Waals surface area (Å²) in [4.78, 5) is 14.5. The predicted octanol–water partition coefficient (Wildman–Crippen LogP) is 2.33. The summed E-state index contributed by atoms with van der Waals surface area (Å²) < 4.78 is 0. The molecule has 0 radical (unpaired) electrons. The maximum atomic E-state index is 12.4. The number of aliphatic hydroxyl groups is 1. The number of nitrogens with zero attached hydrogens (tertiary/aromatic N) is 1. The van der Waals surface area contributed by atoms with Crippen LogP contribution in [0, 0.1) is 5.92 Å². The van der Waals surface area contributed by atoms with Crippen molar-refractivity contribution in [1.82, 2.24) is 4.90 Å². The number of benzene rings is 1. The van der Waals surface area contributed by atoms with Crippen LogP contribution in [0.4, 0.5) is 0 Å². The second-order valence-electron chi connectivity index (χ2n) is 5.53. The third kappa shape index (κ3) is 3.56. The SMILES string of the molecule is CC(C)C(=O)[C@H](CN1CC(O)C1)c1ccc(Cl)cc1. The Labute approximate surface area is 119 Å². The molecule has 0 bridgehead atoms. The molecule has 0 saturated carbocycles. The highest BCUT2D eigenvalue weighted by atomic mass is 35.5. The van der Waals surface area contributed by atoms with Crippen LogP contribution in [0.2, 0.25) is 5.02 Å². The molecule has 1 aliphatic heterocycles. The average molecular weight is 282 g/mol. The molecule has 1 aromatic carbocycles. The zero-order valence-corrected chi connectivity index (χ0v) is 12.1. The number of halogens is 1. The lowest BCUT2D eigenvalue weighted by molar-refractivity contribution is -0.124. The van der Waals surface area contributed by atoms with Crippen molar-refractivity contribution in [1.29, 1.82) is 0 Å². The largest absolute Gasteiger partial charge is 0.390 e. The number of hydrogen-bond donors (Lipinski definition) is 1. The second kappa shape index (κ2) is 6.04. The number of β-amino-alcohol motifs (C(OH)–C–C–N with tert-alkyl or cyclic N) is 1. The maximum absolute atomic E-state index is 12.4. The van der Waals surface area contributed by atoms with E-state index in [1.165, 1.54) is 0 Å². The van der Waals surface area contributed by atoms with Crippen LogP contribution in [0.5, 0.6) is 0 Å². The Kier molecular flexibility index (Phi) is 4.61. The molecule has 2 rings (SSSR count). The highest BCUT2D eigenvalue weighted by molar-refractivity contribution is 6.30. The van der Waals surface area contributed by atoms with Gasteiger partial charge in [-0.25, -0.2) is 0 Å². The van der Waals surface area contributed by atoms with Crippen LogP contribution in [-0.2, 0) is 4.79 Å². The molecule has 0 spiro atoms. The Morgan fingerprint density at radius 3 is 2.42 bits per heavy atom. The molecule has 1 aliphatic rings. The van der Waals surface area contributed by atoms with Crippen molar-refractivity contribution in [2.75, 3.05) is 19.6 Å². The number of aliphatic hydroxyl groups excluding tert-OH is 1. The molecule has 19 heavy (non-hydrogen) atoms. The Bertz CT molecular complexity index is 438. The van der Waals surface area contributed by atoms with Crippen molar-refractivity contribution in [2.45, 2.75) is 25.9 Å². The summed E-state index contributed by atoms with van der Waals surface area (Å²) in [5, 5.41) is 10.0. The number of ketones is 1. The minimum absolute atomic E-state index is 0.00637. The van der Waals surface area contributed by atoms with Gasteiger partial charge in [-0.15, -0.1) is 0 Å². The molecule has 0 aliphatic carbocycles. The van der Waals surface area contributed by atoms with Crippen molar-refractivity contribution in [2.24, 2.45) is 5.92 Å². The van der Waals surface area contributed by atoms with Gasteiger partial charge in [-0.1, -0.05) is 37.6 Å². The van der Waals surface area contributed by atoms with E-state index in [2.05, 4.69) is 4.90 Å². The van der Waals surface area contributed by atoms with Gasteiger partial charge in [-0.05, 0) is 17.7 Å². The van der Waals surface area contributed by atoms with E-state index in [1.54, 1.807) is 0 Å². The topological polar surface area (TPSA) is 40.5 Å². The first-order valence-corrected chi connectivity index (χ1v) is 7.04. The van der Waals surface area contributed by atoms with Gasteiger partial charge in [-0.3, -0.25) is 9.69 Å². The van der Waals surface area contributed by atoms with E-state index in [9.17, 15) is 9.90 Å². The molecule has 1 saturated heterocycles. The molecule has 0 unspecified atom stereocenters. The Morgan fingerprint density at radius 2 is 1.95 bits per heavy atom. The maximum Gasteiger partial charge on any atom is 0.144 e. The van der Waals surface area contributed by atoms with Crippen LogP contribution in [0.1, 0.15) is 25.3 Å². The van der Waals surface area contributed by atoms with Gasteiger partial charge in [0.05, 0.1) is 12.0 Å². The molecule has 1 N–H and O–H groups in total. The van der Waals surface area contributed by atoms with Crippen LogP contribution in [0.15, 0.2) is 24.3 Å². The average Bonchev–Trinajstić information content (AvgIpc) is 2.33. The number of Topliss-reactive ketones (excluding diaryl/α,β-unsaturated/α-hetero) is 1. The Hall–Kier alpha value is -0.900. The standard InChI is InChI=1S/C15H20ClNO2/c1-10(2)15(19)14(9-17-7-13(18)8-17)11-3-5-12(16)6-4-11/h3-6,10,13-14,18H,7-9H2,1-2H3/t14-/m1/s1. The smallest absolute Gasteiger partial charge is 0.144 e. The molecule has 1 fully saturated rings. The van der Waals surface area contributed by atoms with Crippen LogP contribution < -0.4 is 0 Å². The fourth-order valence-corrected chi connectivity index (χ4v) is 2.53. The van der Waals surface area contributed by atoms with E-state index in [4.69, 9.17) is 11.6 Å². The van der Waals surface area contributed by atoms with E-state index >= 15 is 0 Å². The molecule has 1 atom stereocenters. The fourth-order valence-electron chi connectivity index (χ4n) is 2.41. The molecule has 1 heterocycles. The molecular formula is C15H20ClNO2. The predicted molar refractivity (Wildman–Crippen MR) is 76.5 cm³/mol. The molecular weight excluding hydrogens is 262 g/mol. The molecule has 3 nitrogen and oxygen atoms in total. The number of likely N-dealkylation sites (tertiary alicyclic amines) is 1.